The number of benzene rings is 2. The molecule has 1 heterocycles. The molecule has 0 spiro atoms. The van der Waals surface area contributed by atoms with Crippen LogP contribution in [0.25, 0.3) is 5.69 Å². The second-order valence-corrected chi connectivity index (χ2v) is 6.20. The third kappa shape index (κ3) is 3.53. The molecule has 3 aromatic rings. The van der Waals surface area contributed by atoms with Gasteiger partial charge in [-0.15, -0.1) is 0 Å². The molecule has 0 atom stereocenters. The molecular formula is C20H17ClFN3O. The Balaban J connectivity index is 1.82. The zero-order valence-electron chi connectivity index (χ0n) is 14.3. The van der Waals surface area contributed by atoms with E-state index in [1.165, 1.54) is 18.3 Å². The Morgan fingerprint density at radius 3 is 2.58 bits per heavy atom. The lowest BCUT2D eigenvalue weighted by atomic mass is 10.2. The largest absolute Gasteiger partial charge is 0.318 e. The van der Waals surface area contributed by atoms with Crippen molar-refractivity contribution < 1.29 is 9.18 Å². The van der Waals surface area contributed by atoms with Crippen molar-refractivity contribution in [2.45, 2.75) is 13.8 Å². The first-order chi connectivity index (χ1) is 12.5. The number of hydrazone groups is 1. The van der Waals surface area contributed by atoms with Gasteiger partial charge in [0.2, 0.25) is 0 Å². The number of para-hydroxylation sites is 1. The fraction of sp³-hybridized carbons (Fsp3) is 0.100. The van der Waals surface area contributed by atoms with Crippen LogP contribution in [-0.4, -0.2) is 16.7 Å². The fourth-order valence-electron chi connectivity index (χ4n) is 2.82. The van der Waals surface area contributed by atoms with Crippen LogP contribution in [0.2, 0.25) is 5.02 Å². The first-order valence-electron chi connectivity index (χ1n) is 8.01. The van der Waals surface area contributed by atoms with Crippen molar-refractivity contribution in [3.05, 3.63) is 88.0 Å². The van der Waals surface area contributed by atoms with Crippen molar-refractivity contribution in [2.24, 2.45) is 5.10 Å². The molecule has 0 aliphatic rings. The second-order valence-electron chi connectivity index (χ2n) is 5.79. The molecule has 26 heavy (non-hydrogen) atoms. The minimum Gasteiger partial charge on any atom is -0.318 e. The third-order valence-electron chi connectivity index (χ3n) is 4.05. The Labute approximate surface area is 155 Å². The van der Waals surface area contributed by atoms with E-state index < -0.39 is 5.82 Å². The van der Waals surface area contributed by atoms with Crippen LogP contribution in [0.5, 0.6) is 0 Å². The van der Waals surface area contributed by atoms with E-state index in [1.807, 2.05) is 48.7 Å². The normalized spacial score (nSPS) is 11.1. The third-order valence-corrected chi connectivity index (χ3v) is 4.38. The van der Waals surface area contributed by atoms with Crippen molar-refractivity contribution in [1.29, 1.82) is 0 Å². The number of rotatable bonds is 4. The summed E-state index contributed by atoms with van der Waals surface area (Å²) in [6.45, 7) is 3.80. The van der Waals surface area contributed by atoms with Crippen LogP contribution in [0, 0.1) is 19.7 Å². The summed E-state index contributed by atoms with van der Waals surface area (Å²) in [6, 6.07) is 15.9. The Kier molecular flexibility index (Phi) is 5.19. The van der Waals surface area contributed by atoms with Gasteiger partial charge in [0.1, 0.15) is 5.82 Å². The first kappa shape index (κ1) is 17.9. The molecule has 4 nitrogen and oxygen atoms in total. The zero-order valence-corrected chi connectivity index (χ0v) is 15.1. The number of carbonyl (C=O) groups excluding carboxylic acids is 1. The summed E-state index contributed by atoms with van der Waals surface area (Å²) in [5, 5.41) is 4.06. The number of aryl methyl sites for hydroxylation is 1. The zero-order chi connectivity index (χ0) is 18.7. The molecule has 0 bridgehead atoms. The lowest BCUT2D eigenvalue weighted by Gasteiger charge is -2.09. The SMILES string of the molecule is Cc1cc(C(=O)NN=Cc2c(F)cccc2Cl)c(C)n1-c1ccccc1. The highest BCUT2D eigenvalue weighted by atomic mass is 35.5. The standard InChI is InChI=1S/C20H17ClFN3O/c1-13-11-16(14(2)25(13)15-7-4-3-5-8-15)20(26)24-23-12-17-18(21)9-6-10-19(17)22/h3-12H,1-2H3,(H,24,26). The molecule has 0 unspecified atom stereocenters. The van der Waals surface area contributed by atoms with E-state index >= 15 is 0 Å². The molecule has 0 aliphatic heterocycles. The van der Waals surface area contributed by atoms with Gasteiger partial charge in [0.25, 0.3) is 5.91 Å². The van der Waals surface area contributed by atoms with Crippen LogP contribution < -0.4 is 5.43 Å². The molecule has 0 fully saturated rings. The van der Waals surface area contributed by atoms with Crippen molar-refractivity contribution in [3.8, 4) is 5.69 Å². The van der Waals surface area contributed by atoms with Gasteiger partial charge in [0.15, 0.2) is 0 Å². The maximum Gasteiger partial charge on any atom is 0.273 e. The van der Waals surface area contributed by atoms with Gasteiger partial charge in [-0.2, -0.15) is 5.10 Å². The fourth-order valence-corrected chi connectivity index (χ4v) is 3.03. The second kappa shape index (κ2) is 7.54. The monoisotopic (exact) mass is 369 g/mol. The quantitative estimate of drug-likeness (QED) is 0.528. The Morgan fingerprint density at radius 2 is 1.88 bits per heavy atom. The molecule has 0 saturated carbocycles. The maximum absolute atomic E-state index is 13.7. The molecule has 0 aliphatic carbocycles. The maximum atomic E-state index is 13.7. The summed E-state index contributed by atoms with van der Waals surface area (Å²) in [6.07, 6.45) is 1.20. The number of nitrogens with zero attached hydrogens (tertiary/aromatic N) is 2. The number of aromatic nitrogens is 1. The predicted molar refractivity (Wildman–Crippen MR) is 102 cm³/mol. The van der Waals surface area contributed by atoms with Crippen LogP contribution in [0.15, 0.2) is 59.7 Å². The van der Waals surface area contributed by atoms with Gasteiger partial charge in [-0.1, -0.05) is 35.9 Å². The number of hydrogen-bond acceptors (Lipinski definition) is 2. The van der Waals surface area contributed by atoms with Gasteiger partial charge in [0, 0.05) is 22.6 Å². The highest BCUT2D eigenvalue weighted by Crippen LogP contribution is 2.21. The first-order valence-corrected chi connectivity index (χ1v) is 8.38. The topological polar surface area (TPSA) is 46.4 Å². The number of carbonyl (C=O) groups is 1. The molecule has 3 rings (SSSR count). The van der Waals surface area contributed by atoms with Gasteiger partial charge in [-0.05, 0) is 44.2 Å². The summed E-state index contributed by atoms with van der Waals surface area (Å²) in [7, 11) is 0. The highest BCUT2D eigenvalue weighted by Gasteiger charge is 2.16. The van der Waals surface area contributed by atoms with E-state index in [1.54, 1.807) is 12.1 Å². The average molecular weight is 370 g/mol. The number of halogens is 2. The van der Waals surface area contributed by atoms with Crippen LogP contribution in [-0.2, 0) is 0 Å². The van der Waals surface area contributed by atoms with Crippen LogP contribution in [0.1, 0.15) is 27.3 Å². The van der Waals surface area contributed by atoms with Crippen LogP contribution in [0.3, 0.4) is 0 Å². The van der Waals surface area contributed by atoms with E-state index in [-0.39, 0.29) is 16.5 Å². The lowest BCUT2D eigenvalue weighted by molar-refractivity contribution is 0.0954. The van der Waals surface area contributed by atoms with Gasteiger partial charge in [-0.25, -0.2) is 9.82 Å². The Morgan fingerprint density at radius 1 is 1.15 bits per heavy atom. The van der Waals surface area contributed by atoms with E-state index in [0.29, 0.717) is 5.56 Å². The molecule has 1 amide bonds. The molecule has 6 heteroatoms. The minimum atomic E-state index is -0.502. The van der Waals surface area contributed by atoms with Crippen LogP contribution in [0.4, 0.5) is 4.39 Å². The number of hydrogen-bond donors (Lipinski definition) is 1. The molecule has 1 N–H and O–H groups in total. The predicted octanol–water partition coefficient (Wildman–Crippen LogP) is 4.65. The van der Waals surface area contributed by atoms with Gasteiger partial charge in [-0.3, -0.25) is 4.79 Å². The summed E-state index contributed by atoms with van der Waals surface area (Å²) >= 11 is 5.93. The van der Waals surface area contributed by atoms with Gasteiger partial charge >= 0.3 is 0 Å². The average Bonchev–Trinajstić information content (AvgIpc) is 2.92. The molecule has 1 aromatic heterocycles. The minimum absolute atomic E-state index is 0.129. The molecule has 132 valence electrons. The Hall–Kier alpha value is -2.92. The summed E-state index contributed by atoms with van der Waals surface area (Å²) in [5.74, 6) is -0.873. The smallest absolute Gasteiger partial charge is 0.273 e. The molecular weight excluding hydrogens is 353 g/mol. The van der Waals surface area contributed by atoms with Crippen molar-refractivity contribution in [2.75, 3.05) is 0 Å². The Bertz CT molecular complexity index is 960. The lowest BCUT2D eigenvalue weighted by Crippen LogP contribution is -2.18. The van der Waals surface area contributed by atoms with Crippen LogP contribution >= 0.6 is 11.6 Å². The van der Waals surface area contributed by atoms with E-state index in [9.17, 15) is 9.18 Å². The van der Waals surface area contributed by atoms with E-state index in [2.05, 4.69) is 10.5 Å². The highest BCUT2D eigenvalue weighted by molar-refractivity contribution is 6.33. The van der Waals surface area contributed by atoms with Crippen molar-refractivity contribution in [3.63, 3.8) is 0 Å². The summed E-state index contributed by atoms with van der Waals surface area (Å²) in [4.78, 5) is 12.5. The van der Waals surface area contributed by atoms with Gasteiger partial charge < -0.3 is 4.57 Å². The van der Waals surface area contributed by atoms with E-state index in [0.717, 1.165) is 17.1 Å². The van der Waals surface area contributed by atoms with Gasteiger partial charge in [0.05, 0.1) is 16.8 Å². The van der Waals surface area contributed by atoms with Crippen molar-refractivity contribution in [1.82, 2.24) is 9.99 Å². The number of nitrogens with one attached hydrogen (secondary N) is 1. The van der Waals surface area contributed by atoms with E-state index in [4.69, 9.17) is 11.6 Å². The molecule has 2 aromatic carbocycles. The number of amides is 1. The molecule has 0 radical (unpaired) electrons. The summed E-state index contributed by atoms with van der Waals surface area (Å²) in [5.41, 5.74) is 5.76. The van der Waals surface area contributed by atoms with Crippen molar-refractivity contribution >= 4 is 23.7 Å². The summed E-state index contributed by atoms with van der Waals surface area (Å²) < 4.78 is 15.7. The molecule has 0 saturated heterocycles.